The van der Waals surface area contributed by atoms with Crippen molar-refractivity contribution in [2.75, 3.05) is 18.6 Å². The fraction of sp³-hybridized carbons (Fsp3) is 0.333. The monoisotopic (exact) mass is 284 g/mol. The first-order valence-electron chi connectivity index (χ1n) is 7.35. The topological polar surface area (TPSA) is 38.5 Å². The summed E-state index contributed by atoms with van der Waals surface area (Å²) in [6.07, 6.45) is 0. The van der Waals surface area contributed by atoms with E-state index < -0.39 is 0 Å². The van der Waals surface area contributed by atoms with Crippen molar-refractivity contribution in [1.82, 2.24) is 0 Å². The molecule has 2 aromatic rings. The maximum absolute atomic E-state index is 6.18. The Labute approximate surface area is 127 Å². The molecule has 0 aliphatic rings. The summed E-state index contributed by atoms with van der Waals surface area (Å²) in [5.74, 6) is 0.841. The number of methoxy groups -OCH3 is 1. The van der Waals surface area contributed by atoms with E-state index in [1.807, 2.05) is 19.1 Å². The summed E-state index contributed by atoms with van der Waals surface area (Å²) in [7, 11) is 1.69. The molecule has 21 heavy (non-hydrogen) atoms. The molecule has 0 saturated carbocycles. The second-order valence-corrected chi connectivity index (χ2v) is 5.27. The first-order valence-corrected chi connectivity index (χ1v) is 7.35. The zero-order valence-electron chi connectivity index (χ0n) is 13.3. The van der Waals surface area contributed by atoms with Gasteiger partial charge >= 0.3 is 0 Å². The molecule has 2 aromatic carbocycles. The summed E-state index contributed by atoms with van der Waals surface area (Å²) >= 11 is 0. The highest BCUT2D eigenvalue weighted by molar-refractivity contribution is 5.70. The first kappa shape index (κ1) is 15.4. The quantitative estimate of drug-likeness (QED) is 0.895. The Morgan fingerprint density at radius 3 is 2.48 bits per heavy atom. The molecule has 0 heterocycles. The van der Waals surface area contributed by atoms with Crippen molar-refractivity contribution in [3.05, 3.63) is 53.6 Å². The average Bonchev–Trinajstić information content (AvgIpc) is 2.47. The second kappa shape index (κ2) is 6.64. The normalized spacial score (nSPS) is 12.0. The minimum atomic E-state index is -0.0880. The van der Waals surface area contributed by atoms with Crippen molar-refractivity contribution >= 4 is 11.4 Å². The molecular formula is C18H24N2O. The van der Waals surface area contributed by atoms with Gasteiger partial charge in [0.05, 0.1) is 7.11 Å². The summed E-state index contributed by atoms with van der Waals surface area (Å²) in [5, 5.41) is 0. The van der Waals surface area contributed by atoms with E-state index in [0.717, 1.165) is 23.5 Å². The zero-order chi connectivity index (χ0) is 15.4. The Bertz CT molecular complexity index is 608. The molecule has 0 spiro atoms. The summed E-state index contributed by atoms with van der Waals surface area (Å²) in [4.78, 5) is 2.27. The van der Waals surface area contributed by atoms with E-state index in [4.69, 9.17) is 10.5 Å². The van der Waals surface area contributed by atoms with Gasteiger partial charge in [0.25, 0.3) is 0 Å². The van der Waals surface area contributed by atoms with Gasteiger partial charge in [-0.3, -0.25) is 0 Å². The lowest BCUT2D eigenvalue weighted by Gasteiger charge is -2.28. The molecule has 0 radical (unpaired) electrons. The lowest BCUT2D eigenvalue weighted by molar-refractivity contribution is 0.407. The third kappa shape index (κ3) is 3.19. The number of hydrogen-bond donors (Lipinski definition) is 1. The van der Waals surface area contributed by atoms with Gasteiger partial charge in [-0.2, -0.15) is 0 Å². The Balaban J connectivity index is 2.57. The summed E-state index contributed by atoms with van der Waals surface area (Å²) in [6, 6.07) is 14.5. The van der Waals surface area contributed by atoms with E-state index in [9.17, 15) is 0 Å². The number of ether oxygens (including phenoxy) is 1. The van der Waals surface area contributed by atoms with E-state index in [0.29, 0.717) is 0 Å². The van der Waals surface area contributed by atoms with Crippen molar-refractivity contribution in [2.24, 2.45) is 5.73 Å². The van der Waals surface area contributed by atoms with Gasteiger partial charge in [-0.15, -0.1) is 0 Å². The number of hydrogen-bond acceptors (Lipinski definition) is 3. The van der Waals surface area contributed by atoms with E-state index in [1.165, 1.54) is 11.3 Å². The standard InChI is InChI=1S/C18H24N2O/c1-5-20(15-9-6-8-13(2)12-15)16-10-7-11-17(21-4)18(16)14(3)19/h6-12,14H,5,19H2,1-4H3/t14-/m1/s1. The van der Waals surface area contributed by atoms with Gasteiger partial charge in [-0.25, -0.2) is 0 Å². The minimum Gasteiger partial charge on any atom is -0.496 e. The predicted octanol–water partition coefficient (Wildman–Crippen LogP) is 4.18. The fourth-order valence-electron chi connectivity index (χ4n) is 2.69. The minimum absolute atomic E-state index is 0.0880. The van der Waals surface area contributed by atoms with Crippen LogP contribution in [0.1, 0.15) is 31.0 Å². The van der Waals surface area contributed by atoms with Crippen LogP contribution in [0, 0.1) is 6.92 Å². The smallest absolute Gasteiger partial charge is 0.125 e. The first-order chi connectivity index (χ1) is 10.1. The predicted molar refractivity (Wildman–Crippen MR) is 89.5 cm³/mol. The van der Waals surface area contributed by atoms with Crippen LogP contribution in [0.5, 0.6) is 5.75 Å². The van der Waals surface area contributed by atoms with Crippen LogP contribution in [0.15, 0.2) is 42.5 Å². The lowest BCUT2D eigenvalue weighted by Crippen LogP contribution is -2.20. The van der Waals surface area contributed by atoms with E-state index >= 15 is 0 Å². The molecule has 0 aromatic heterocycles. The molecule has 0 aliphatic heterocycles. The van der Waals surface area contributed by atoms with Crippen molar-refractivity contribution in [3.8, 4) is 5.75 Å². The van der Waals surface area contributed by atoms with Crippen LogP contribution in [0.3, 0.4) is 0 Å². The summed E-state index contributed by atoms with van der Waals surface area (Å²) in [5.41, 5.74) is 10.8. The van der Waals surface area contributed by atoms with Crippen LogP contribution in [0.25, 0.3) is 0 Å². The number of benzene rings is 2. The zero-order valence-corrected chi connectivity index (χ0v) is 13.3. The maximum Gasteiger partial charge on any atom is 0.125 e. The van der Waals surface area contributed by atoms with Crippen molar-refractivity contribution in [2.45, 2.75) is 26.8 Å². The van der Waals surface area contributed by atoms with Crippen LogP contribution in [0.4, 0.5) is 11.4 Å². The van der Waals surface area contributed by atoms with Gasteiger partial charge in [0, 0.05) is 29.5 Å². The second-order valence-electron chi connectivity index (χ2n) is 5.27. The molecule has 0 fully saturated rings. The van der Waals surface area contributed by atoms with Gasteiger partial charge in [0.15, 0.2) is 0 Å². The molecule has 2 rings (SSSR count). The number of rotatable bonds is 5. The third-order valence-electron chi connectivity index (χ3n) is 3.64. The Hall–Kier alpha value is -2.00. The molecule has 112 valence electrons. The van der Waals surface area contributed by atoms with Crippen LogP contribution in [0.2, 0.25) is 0 Å². The number of anilines is 2. The SMILES string of the molecule is CCN(c1cccc(C)c1)c1cccc(OC)c1[C@@H](C)N. The molecule has 0 aliphatic carbocycles. The molecule has 3 heteroatoms. The Kier molecular flexibility index (Phi) is 4.86. The summed E-state index contributed by atoms with van der Waals surface area (Å²) < 4.78 is 5.49. The lowest BCUT2D eigenvalue weighted by atomic mass is 10.0. The molecular weight excluding hydrogens is 260 g/mol. The van der Waals surface area contributed by atoms with Crippen LogP contribution in [-0.2, 0) is 0 Å². The van der Waals surface area contributed by atoms with Crippen LogP contribution in [-0.4, -0.2) is 13.7 Å². The van der Waals surface area contributed by atoms with Crippen molar-refractivity contribution < 1.29 is 4.74 Å². The van der Waals surface area contributed by atoms with Gasteiger partial charge in [-0.05, 0) is 50.6 Å². The molecule has 0 bridgehead atoms. The molecule has 2 N–H and O–H groups in total. The molecule has 3 nitrogen and oxygen atoms in total. The summed E-state index contributed by atoms with van der Waals surface area (Å²) in [6.45, 7) is 7.12. The average molecular weight is 284 g/mol. The molecule has 0 saturated heterocycles. The van der Waals surface area contributed by atoms with Crippen molar-refractivity contribution in [1.29, 1.82) is 0 Å². The Morgan fingerprint density at radius 1 is 1.19 bits per heavy atom. The van der Waals surface area contributed by atoms with Gasteiger partial charge in [0.2, 0.25) is 0 Å². The molecule has 0 amide bonds. The molecule has 1 atom stereocenters. The van der Waals surface area contributed by atoms with Gasteiger partial charge in [-0.1, -0.05) is 18.2 Å². The van der Waals surface area contributed by atoms with Crippen LogP contribution < -0.4 is 15.4 Å². The largest absolute Gasteiger partial charge is 0.496 e. The third-order valence-corrected chi connectivity index (χ3v) is 3.64. The van der Waals surface area contributed by atoms with E-state index in [1.54, 1.807) is 7.11 Å². The Morgan fingerprint density at radius 2 is 1.90 bits per heavy atom. The highest BCUT2D eigenvalue weighted by Gasteiger charge is 2.18. The van der Waals surface area contributed by atoms with Crippen molar-refractivity contribution in [3.63, 3.8) is 0 Å². The number of aryl methyl sites for hydroxylation is 1. The highest BCUT2D eigenvalue weighted by Crippen LogP contribution is 2.37. The van der Waals surface area contributed by atoms with Crippen LogP contribution >= 0.6 is 0 Å². The maximum atomic E-state index is 6.18. The number of nitrogens with zero attached hydrogens (tertiary/aromatic N) is 1. The van der Waals surface area contributed by atoms with Gasteiger partial charge in [0.1, 0.15) is 5.75 Å². The fourth-order valence-corrected chi connectivity index (χ4v) is 2.69. The number of nitrogens with two attached hydrogens (primary N) is 1. The highest BCUT2D eigenvalue weighted by atomic mass is 16.5. The van der Waals surface area contributed by atoms with Gasteiger partial charge < -0.3 is 15.4 Å². The molecule has 0 unspecified atom stereocenters. The van der Waals surface area contributed by atoms with E-state index in [-0.39, 0.29) is 6.04 Å². The van der Waals surface area contributed by atoms with E-state index in [2.05, 4.69) is 49.1 Å².